The van der Waals surface area contributed by atoms with Crippen LogP contribution in [0.5, 0.6) is 0 Å². The first kappa shape index (κ1) is 6.75. The molecule has 1 aliphatic heterocycles. The summed E-state index contributed by atoms with van der Waals surface area (Å²) >= 11 is 0. The third kappa shape index (κ3) is 0.740. The number of fused-ring (bicyclic) bond motifs is 5. The van der Waals surface area contributed by atoms with Crippen molar-refractivity contribution < 1.29 is 9.53 Å². The lowest BCUT2D eigenvalue weighted by molar-refractivity contribution is 0.00704. The van der Waals surface area contributed by atoms with Gasteiger partial charge < -0.3 is 10.1 Å². The second-order valence-electron chi connectivity index (χ2n) is 4.25. The van der Waals surface area contributed by atoms with E-state index in [1.807, 2.05) is 0 Å². The minimum Gasteiger partial charge on any atom is -0.446 e. The maximum atomic E-state index is 10.9. The normalized spacial score (nSPS) is 49.8. The van der Waals surface area contributed by atoms with E-state index in [4.69, 9.17) is 4.74 Å². The number of amides is 1. The molecule has 3 rings (SSSR count). The Bertz CT molecular complexity index is 229. The molecule has 12 heavy (non-hydrogen) atoms. The molecule has 0 aromatic rings. The highest BCUT2D eigenvalue weighted by atomic mass is 16.6. The minimum atomic E-state index is -0.205. The van der Waals surface area contributed by atoms with E-state index < -0.39 is 0 Å². The van der Waals surface area contributed by atoms with E-state index in [0.717, 1.165) is 12.5 Å². The van der Waals surface area contributed by atoms with Crippen LogP contribution in [0.25, 0.3) is 0 Å². The lowest BCUT2D eigenvalue weighted by Crippen LogP contribution is -2.47. The van der Waals surface area contributed by atoms with Crippen LogP contribution >= 0.6 is 0 Å². The second kappa shape index (κ2) is 2.15. The van der Waals surface area contributed by atoms with Gasteiger partial charge in [-0.15, -0.1) is 0 Å². The monoisotopic (exact) mass is 167 g/mol. The standard InChI is InChI=1S/C9H13NO2/c11-9-10-4-7-5-1-2-6(3-5)8(7)12-9/h5-8H,1-4H2,(H,10,11). The molecule has 4 atom stereocenters. The summed E-state index contributed by atoms with van der Waals surface area (Å²) in [7, 11) is 0. The molecule has 2 aliphatic carbocycles. The Kier molecular flexibility index (Phi) is 1.21. The first-order valence-corrected chi connectivity index (χ1v) is 4.79. The Labute approximate surface area is 71.5 Å². The van der Waals surface area contributed by atoms with Crippen LogP contribution in [-0.4, -0.2) is 18.7 Å². The van der Waals surface area contributed by atoms with Crippen molar-refractivity contribution in [1.82, 2.24) is 5.32 Å². The lowest BCUT2D eigenvalue weighted by atomic mass is 9.85. The van der Waals surface area contributed by atoms with Crippen molar-refractivity contribution in [3.05, 3.63) is 0 Å². The van der Waals surface area contributed by atoms with Gasteiger partial charge in [0.25, 0.3) is 0 Å². The molecule has 66 valence electrons. The number of rotatable bonds is 0. The van der Waals surface area contributed by atoms with Gasteiger partial charge in [0.15, 0.2) is 0 Å². The molecule has 1 N–H and O–H groups in total. The number of carbonyl (C=O) groups is 1. The molecule has 2 bridgehead atoms. The molecule has 3 fully saturated rings. The number of ether oxygens (including phenoxy) is 1. The maximum absolute atomic E-state index is 10.9. The summed E-state index contributed by atoms with van der Waals surface area (Å²) in [5.41, 5.74) is 0. The highest BCUT2D eigenvalue weighted by Gasteiger charge is 2.51. The Morgan fingerprint density at radius 2 is 2.17 bits per heavy atom. The first-order chi connectivity index (χ1) is 5.84. The Morgan fingerprint density at radius 1 is 1.33 bits per heavy atom. The molecule has 0 spiro atoms. The van der Waals surface area contributed by atoms with E-state index in [1.54, 1.807) is 0 Å². The van der Waals surface area contributed by atoms with Gasteiger partial charge >= 0.3 is 6.09 Å². The van der Waals surface area contributed by atoms with Gasteiger partial charge in [0.2, 0.25) is 0 Å². The van der Waals surface area contributed by atoms with Crippen molar-refractivity contribution in [2.24, 2.45) is 17.8 Å². The molecule has 3 nitrogen and oxygen atoms in total. The molecule has 4 unspecified atom stereocenters. The minimum absolute atomic E-state index is 0.205. The fourth-order valence-electron chi connectivity index (χ4n) is 3.19. The van der Waals surface area contributed by atoms with E-state index in [-0.39, 0.29) is 12.2 Å². The number of hydrogen-bond acceptors (Lipinski definition) is 2. The predicted octanol–water partition coefficient (Wildman–Crippen LogP) is 1.14. The van der Waals surface area contributed by atoms with Gasteiger partial charge in [-0.2, -0.15) is 0 Å². The van der Waals surface area contributed by atoms with Crippen molar-refractivity contribution in [3.8, 4) is 0 Å². The van der Waals surface area contributed by atoms with E-state index in [1.165, 1.54) is 19.3 Å². The molecule has 0 radical (unpaired) electrons. The second-order valence-corrected chi connectivity index (χ2v) is 4.25. The van der Waals surface area contributed by atoms with Crippen molar-refractivity contribution in [1.29, 1.82) is 0 Å². The van der Waals surface area contributed by atoms with Gasteiger partial charge in [-0.3, -0.25) is 0 Å². The topological polar surface area (TPSA) is 38.3 Å². The fourth-order valence-corrected chi connectivity index (χ4v) is 3.19. The van der Waals surface area contributed by atoms with Crippen molar-refractivity contribution in [2.45, 2.75) is 25.4 Å². The average molecular weight is 167 g/mol. The van der Waals surface area contributed by atoms with Gasteiger partial charge in [-0.05, 0) is 31.1 Å². The van der Waals surface area contributed by atoms with E-state index >= 15 is 0 Å². The summed E-state index contributed by atoms with van der Waals surface area (Å²) in [5.74, 6) is 2.15. The van der Waals surface area contributed by atoms with Crippen LogP contribution in [0.4, 0.5) is 4.79 Å². The molecule has 1 amide bonds. The summed E-state index contributed by atoms with van der Waals surface area (Å²) in [6, 6.07) is 0. The zero-order chi connectivity index (χ0) is 8.13. The zero-order valence-electron chi connectivity index (χ0n) is 6.95. The van der Waals surface area contributed by atoms with Crippen molar-refractivity contribution in [2.75, 3.05) is 6.54 Å². The number of carbonyl (C=O) groups excluding carboxylic acids is 1. The van der Waals surface area contributed by atoms with Crippen LogP contribution in [0, 0.1) is 17.8 Å². The zero-order valence-corrected chi connectivity index (χ0v) is 6.95. The van der Waals surface area contributed by atoms with Crippen LogP contribution in [0.3, 0.4) is 0 Å². The lowest BCUT2D eigenvalue weighted by Gasteiger charge is -2.34. The number of alkyl carbamates (subject to hydrolysis) is 1. The molecule has 3 heteroatoms. The Hall–Kier alpha value is -0.730. The Balaban J connectivity index is 1.85. The molecule has 2 saturated carbocycles. The first-order valence-electron chi connectivity index (χ1n) is 4.79. The van der Waals surface area contributed by atoms with Gasteiger partial charge in [0.05, 0.1) is 0 Å². The molecule has 1 heterocycles. The van der Waals surface area contributed by atoms with Crippen LogP contribution in [0.1, 0.15) is 19.3 Å². The Morgan fingerprint density at radius 3 is 3.08 bits per heavy atom. The van der Waals surface area contributed by atoms with E-state index in [2.05, 4.69) is 5.32 Å². The third-order valence-electron chi connectivity index (χ3n) is 3.73. The van der Waals surface area contributed by atoms with Crippen LogP contribution in [0.15, 0.2) is 0 Å². The molecular weight excluding hydrogens is 154 g/mol. The third-order valence-corrected chi connectivity index (χ3v) is 3.73. The van der Waals surface area contributed by atoms with Crippen molar-refractivity contribution in [3.63, 3.8) is 0 Å². The summed E-state index contributed by atoms with van der Waals surface area (Å²) in [5, 5.41) is 2.78. The highest BCUT2D eigenvalue weighted by molar-refractivity contribution is 5.68. The van der Waals surface area contributed by atoms with Gasteiger partial charge in [-0.25, -0.2) is 4.79 Å². The predicted molar refractivity (Wildman–Crippen MR) is 42.6 cm³/mol. The molecular formula is C9H13NO2. The molecule has 0 aromatic carbocycles. The van der Waals surface area contributed by atoms with Gasteiger partial charge in [0.1, 0.15) is 6.10 Å². The SMILES string of the molecule is O=C1NCC2C3CCC(C3)C2O1. The molecule has 0 aromatic heterocycles. The summed E-state index contributed by atoms with van der Waals surface area (Å²) in [4.78, 5) is 10.9. The average Bonchev–Trinajstić information content (AvgIpc) is 2.63. The largest absolute Gasteiger partial charge is 0.446 e. The summed E-state index contributed by atoms with van der Waals surface area (Å²) in [6.07, 6.45) is 3.98. The summed E-state index contributed by atoms with van der Waals surface area (Å²) in [6.45, 7) is 0.852. The van der Waals surface area contributed by atoms with Crippen LogP contribution < -0.4 is 5.32 Å². The van der Waals surface area contributed by atoms with Crippen LogP contribution in [0.2, 0.25) is 0 Å². The van der Waals surface area contributed by atoms with Crippen LogP contribution in [-0.2, 0) is 4.74 Å². The van der Waals surface area contributed by atoms with E-state index in [0.29, 0.717) is 11.8 Å². The quantitative estimate of drug-likeness (QED) is 0.587. The smallest absolute Gasteiger partial charge is 0.407 e. The van der Waals surface area contributed by atoms with E-state index in [9.17, 15) is 4.79 Å². The molecule has 3 aliphatic rings. The number of hydrogen-bond donors (Lipinski definition) is 1. The van der Waals surface area contributed by atoms with Crippen molar-refractivity contribution >= 4 is 6.09 Å². The van der Waals surface area contributed by atoms with Gasteiger partial charge in [-0.1, -0.05) is 0 Å². The maximum Gasteiger partial charge on any atom is 0.407 e. The van der Waals surface area contributed by atoms with Gasteiger partial charge in [0, 0.05) is 12.5 Å². The molecule has 1 saturated heterocycles. The fraction of sp³-hybridized carbons (Fsp3) is 0.889. The highest BCUT2D eigenvalue weighted by Crippen LogP contribution is 2.50. The number of nitrogens with one attached hydrogen (secondary N) is 1. The summed E-state index contributed by atoms with van der Waals surface area (Å²) < 4.78 is 5.29.